The van der Waals surface area contributed by atoms with Crippen LogP contribution in [0.25, 0.3) is 0 Å². The molecule has 3 atom stereocenters. The predicted octanol–water partition coefficient (Wildman–Crippen LogP) is 3.14. The van der Waals surface area contributed by atoms with Crippen LogP contribution in [-0.4, -0.2) is 31.9 Å². The molecule has 24 heavy (non-hydrogen) atoms. The fourth-order valence-electron chi connectivity index (χ4n) is 3.59. The number of alkyl halides is 3. The Bertz CT molecular complexity index is 727. The first-order valence-electron chi connectivity index (χ1n) is 7.24. The van der Waals surface area contributed by atoms with Gasteiger partial charge in [-0.05, 0) is 36.8 Å². The Kier molecular flexibility index (Phi) is 5.47. The zero-order chi connectivity index (χ0) is 17.0. The molecule has 1 aromatic carbocycles. The van der Waals surface area contributed by atoms with Crippen molar-refractivity contribution < 1.29 is 21.6 Å². The molecule has 0 amide bonds. The van der Waals surface area contributed by atoms with Crippen LogP contribution in [0.4, 0.5) is 13.2 Å². The summed E-state index contributed by atoms with van der Waals surface area (Å²) in [6.45, 7) is 0.347. The average Bonchev–Trinajstić information content (AvgIpc) is 3.00. The van der Waals surface area contributed by atoms with Crippen molar-refractivity contribution in [3.63, 3.8) is 0 Å². The molecule has 4 nitrogen and oxygen atoms in total. The van der Waals surface area contributed by atoms with Crippen LogP contribution >= 0.6 is 24.0 Å². The van der Waals surface area contributed by atoms with Gasteiger partial charge in [0.25, 0.3) is 0 Å². The number of fused-ring (bicyclic) bond motifs is 1. The van der Waals surface area contributed by atoms with Crippen LogP contribution in [0, 0.1) is 11.8 Å². The second-order valence-corrected chi connectivity index (χ2v) is 8.38. The lowest BCUT2D eigenvalue weighted by atomic mass is 9.98. The second kappa shape index (κ2) is 6.64. The minimum atomic E-state index is -4.79. The number of hydrogen-bond acceptors (Lipinski definition) is 3. The first-order valence-corrected chi connectivity index (χ1v) is 9.05. The molecule has 1 saturated carbocycles. The van der Waals surface area contributed by atoms with Gasteiger partial charge in [-0.3, -0.25) is 0 Å². The number of hydrogen-bond donors (Lipinski definition) is 1. The Morgan fingerprint density at radius 3 is 2.46 bits per heavy atom. The Hall–Kier alpha value is -0.540. The van der Waals surface area contributed by atoms with Crippen LogP contribution < -0.4 is 5.73 Å². The molecule has 136 valence electrons. The van der Waals surface area contributed by atoms with Gasteiger partial charge in [0.2, 0.25) is 10.0 Å². The maximum Gasteiger partial charge on any atom is 0.417 e. The molecule has 1 aliphatic heterocycles. The van der Waals surface area contributed by atoms with Gasteiger partial charge in [-0.1, -0.05) is 17.7 Å². The van der Waals surface area contributed by atoms with Crippen molar-refractivity contribution in [2.75, 3.05) is 13.1 Å². The van der Waals surface area contributed by atoms with Crippen molar-refractivity contribution in [1.82, 2.24) is 4.31 Å². The predicted molar refractivity (Wildman–Crippen MR) is 86.7 cm³/mol. The highest BCUT2D eigenvalue weighted by Crippen LogP contribution is 2.43. The van der Waals surface area contributed by atoms with Gasteiger partial charge in [0, 0.05) is 19.1 Å². The summed E-state index contributed by atoms with van der Waals surface area (Å²) in [6.07, 6.45) is -3.17. The lowest BCUT2D eigenvalue weighted by Crippen LogP contribution is -2.34. The zero-order valence-electron chi connectivity index (χ0n) is 12.5. The quantitative estimate of drug-likeness (QED) is 0.823. The normalized spacial score (nSPS) is 27.8. The summed E-state index contributed by atoms with van der Waals surface area (Å²) in [7, 11) is -4.32. The lowest BCUT2D eigenvalue weighted by molar-refractivity contribution is -0.139. The van der Waals surface area contributed by atoms with E-state index < -0.39 is 31.7 Å². The van der Waals surface area contributed by atoms with E-state index in [4.69, 9.17) is 17.3 Å². The molecule has 3 unspecified atom stereocenters. The lowest BCUT2D eigenvalue weighted by Gasteiger charge is -2.22. The highest BCUT2D eigenvalue weighted by Gasteiger charge is 2.47. The SMILES string of the molecule is Cl.NC1CCC2CN(S(=O)(=O)c3c(Cl)cccc3C(F)(F)F)CC12. The highest BCUT2D eigenvalue weighted by atomic mass is 35.5. The van der Waals surface area contributed by atoms with E-state index in [-0.39, 0.29) is 43.4 Å². The van der Waals surface area contributed by atoms with E-state index in [1.54, 1.807) is 0 Å². The fraction of sp³-hybridized carbons (Fsp3) is 0.571. The molecule has 1 heterocycles. The minimum absolute atomic E-state index is 0. The molecule has 0 bridgehead atoms. The van der Waals surface area contributed by atoms with Crippen molar-refractivity contribution >= 4 is 34.0 Å². The van der Waals surface area contributed by atoms with Crippen LogP contribution in [0.2, 0.25) is 5.02 Å². The van der Waals surface area contributed by atoms with Crippen LogP contribution in [0.3, 0.4) is 0 Å². The zero-order valence-corrected chi connectivity index (χ0v) is 14.9. The van der Waals surface area contributed by atoms with Gasteiger partial charge in [-0.15, -0.1) is 12.4 Å². The summed E-state index contributed by atoms with van der Waals surface area (Å²) >= 11 is 5.82. The Morgan fingerprint density at radius 2 is 1.88 bits per heavy atom. The first-order chi connectivity index (χ1) is 10.6. The molecule has 1 saturated heterocycles. The van der Waals surface area contributed by atoms with Crippen molar-refractivity contribution in [1.29, 1.82) is 0 Å². The van der Waals surface area contributed by atoms with Crippen LogP contribution in [0.1, 0.15) is 18.4 Å². The Labute approximate surface area is 149 Å². The molecular formula is C14H17Cl2F3N2O2S. The third-order valence-electron chi connectivity index (χ3n) is 4.75. The molecule has 0 radical (unpaired) electrons. The standard InChI is InChI=1S/C14H16ClF3N2O2S.ClH/c15-11-3-1-2-10(14(16,17)18)13(11)23(21,22)20-6-8-4-5-12(19)9(8)7-20;/h1-3,8-9,12H,4-7,19H2;1H. The molecule has 0 spiro atoms. The molecule has 2 fully saturated rings. The van der Waals surface area contributed by atoms with Gasteiger partial charge in [0.15, 0.2) is 0 Å². The molecule has 2 aliphatic rings. The van der Waals surface area contributed by atoms with Crippen molar-refractivity contribution in [2.45, 2.75) is 30.0 Å². The van der Waals surface area contributed by atoms with Crippen LogP contribution in [0.15, 0.2) is 23.1 Å². The second-order valence-electron chi connectivity index (χ2n) is 6.10. The summed E-state index contributed by atoms with van der Waals surface area (Å²) < 4.78 is 66.1. The third-order valence-corrected chi connectivity index (χ3v) is 7.11. The van der Waals surface area contributed by atoms with E-state index >= 15 is 0 Å². The summed E-state index contributed by atoms with van der Waals surface area (Å²) in [5, 5.41) is -0.416. The van der Waals surface area contributed by atoms with Crippen molar-refractivity contribution in [3.8, 4) is 0 Å². The molecule has 0 aromatic heterocycles. The monoisotopic (exact) mass is 404 g/mol. The topological polar surface area (TPSA) is 63.4 Å². The van der Waals surface area contributed by atoms with E-state index in [2.05, 4.69) is 0 Å². The summed E-state index contributed by atoms with van der Waals surface area (Å²) in [6, 6.07) is 2.89. The Balaban J connectivity index is 0.00000208. The largest absolute Gasteiger partial charge is 0.417 e. The van der Waals surface area contributed by atoms with E-state index in [1.807, 2.05) is 0 Å². The van der Waals surface area contributed by atoms with Gasteiger partial charge in [0.05, 0.1) is 10.6 Å². The molecule has 2 N–H and O–H groups in total. The number of sulfonamides is 1. The smallest absolute Gasteiger partial charge is 0.327 e. The average molecular weight is 405 g/mol. The van der Waals surface area contributed by atoms with Crippen LogP contribution in [0.5, 0.6) is 0 Å². The van der Waals surface area contributed by atoms with Crippen LogP contribution in [-0.2, 0) is 16.2 Å². The molecule has 3 rings (SSSR count). The number of rotatable bonds is 2. The maximum absolute atomic E-state index is 13.2. The molecule has 10 heteroatoms. The number of nitrogens with zero attached hydrogens (tertiary/aromatic N) is 1. The third kappa shape index (κ3) is 3.26. The summed E-state index contributed by atoms with van der Waals surface area (Å²) in [5.41, 5.74) is 4.74. The van der Waals surface area contributed by atoms with E-state index in [9.17, 15) is 21.6 Å². The molecular weight excluding hydrogens is 388 g/mol. The van der Waals surface area contributed by atoms with Crippen molar-refractivity contribution in [3.05, 3.63) is 28.8 Å². The molecule has 1 aromatic rings. The van der Waals surface area contributed by atoms with Gasteiger partial charge in [0.1, 0.15) is 4.90 Å². The molecule has 1 aliphatic carbocycles. The van der Waals surface area contributed by atoms with Gasteiger partial charge in [-0.25, -0.2) is 8.42 Å². The van der Waals surface area contributed by atoms with Gasteiger partial charge < -0.3 is 5.73 Å². The van der Waals surface area contributed by atoms with Gasteiger partial charge in [-0.2, -0.15) is 17.5 Å². The van der Waals surface area contributed by atoms with Gasteiger partial charge >= 0.3 is 6.18 Å². The number of halogens is 5. The minimum Gasteiger partial charge on any atom is -0.327 e. The number of nitrogens with two attached hydrogens (primary N) is 1. The summed E-state index contributed by atoms with van der Waals surface area (Å²) in [4.78, 5) is -0.859. The summed E-state index contributed by atoms with van der Waals surface area (Å²) in [5.74, 6) is 0.109. The van der Waals surface area contributed by atoms with E-state index in [0.717, 1.165) is 35.3 Å². The fourth-order valence-corrected chi connectivity index (χ4v) is 5.84. The Morgan fingerprint density at radius 1 is 1.21 bits per heavy atom. The number of benzene rings is 1. The first kappa shape index (κ1) is 19.8. The van der Waals surface area contributed by atoms with E-state index in [1.165, 1.54) is 0 Å². The maximum atomic E-state index is 13.2. The van der Waals surface area contributed by atoms with E-state index in [0.29, 0.717) is 0 Å². The highest BCUT2D eigenvalue weighted by molar-refractivity contribution is 7.89. The van der Waals surface area contributed by atoms with Crippen molar-refractivity contribution in [2.24, 2.45) is 17.6 Å².